The Morgan fingerprint density at radius 3 is 2.62 bits per heavy atom. The minimum absolute atomic E-state index is 0.210. The van der Waals surface area contributed by atoms with Gasteiger partial charge < -0.3 is 9.84 Å². The number of hydrogen-bond acceptors (Lipinski definition) is 4. The van der Waals surface area contributed by atoms with Gasteiger partial charge in [-0.05, 0) is 123 Å². The summed E-state index contributed by atoms with van der Waals surface area (Å²) in [5, 5.41) is 10.2. The van der Waals surface area contributed by atoms with E-state index < -0.39 is 0 Å². The topological polar surface area (TPSA) is 49.8 Å². The van der Waals surface area contributed by atoms with Crippen LogP contribution in [0.1, 0.15) is 93.7 Å². The lowest BCUT2D eigenvalue weighted by molar-refractivity contribution is -0.130. The van der Waals surface area contributed by atoms with Gasteiger partial charge in [0.05, 0.1) is 0 Å². The third-order valence-corrected chi connectivity index (χ3v) is 10.5. The summed E-state index contributed by atoms with van der Waals surface area (Å²) in [6.07, 6.45) is 9.81. The fraction of sp³-hybridized carbons (Fsp3) is 0.606. The van der Waals surface area contributed by atoms with E-state index in [0.717, 1.165) is 44.5 Å². The number of benzene rings is 2. The maximum absolute atomic E-state index is 13.2. The van der Waals surface area contributed by atoms with E-state index in [1.807, 2.05) is 12.1 Å². The molecule has 1 N–H and O–H groups in total. The molecule has 2 aromatic rings. The molecule has 1 heterocycles. The molecule has 3 fully saturated rings. The second-order valence-electron chi connectivity index (χ2n) is 12.5. The van der Waals surface area contributed by atoms with E-state index in [4.69, 9.17) is 4.74 Å². The molecular weight excluding hydrogens is 458 g/mol. The van der Waals surface area contributed by atoms with Gasteiger partial charge in [0.15, 0.2) is 0 Å². The first-order valence-electron chi connectivity index (χ1n) is 14.8. The Balaban J connectivity index is 1.26. The lowest BCUT2D eigenvalue weighted by Gasteiger charge is -2.52. The monoisotopic (exact) mass is 501 g/mol. The van der Waals surface area contributed by atoms with Crippen molar-refractivity contribution in [2.75, 3.05) is 19.7 Å². The van der Waals surface area contributed by atoms with Crippen molar-refractivity contribution < 1.29 is 14.6 Å². The number of ether oxygens (including phenoxy) is 1. The number of rotatable bonds is 7. The molecule has 4 nitrogen and oxygen atoms in total. The van der Waals surface area contributed by atoms with E-state index in [2.05, 4.69) is 49.1 Å². The van der Waals surface area contributed by atoms with Gasteiger partial charge in [-0.25, -0.2) is 0 Å². The Bertz CT molecular complexity index is 1120. The normalized spacial score (nSPS) is 32.0. The van der Waals surface area contributed by atoms with Gasteiger partial charge in [-0.1, -0.05) is 38.5 Å². The summed E-state index contributed by atoms with van der Waals surface area (Å²) in [5.41, 5.74) is 3.81. The summed E-state index contributed by atoms with van der Waals surface area (Å²) in [6, 6.07) is 15.3. The molecule has 37 heavy (non-hydrogen) atoms. The SMILES string of the molecule is CCCC(COc1ccc([C@H]2C[C@]3(C)C(=O)CC[C@H]3[C@@H]3CCc4cc(O)ccc4[C@H]32)cc1)N1CCCC1. The van der Waals surface area contributed by atoms with Gasteiger partial charge in [-0.2, -0.15) is 0 Å². The molecule has 6 atom stereocenters. The third kappa shape index (κ3) is 4.50. The van der Waals surface area contributed by atoms with Crippen LogP contribution < -0.4 is 4.74 Å². The highest BCUT2D eigenvalue weighted by Crippen LogP contribution is 2.64. The smallest absolute Gasteiger partial charge is 0.139 e. The Labute approximate surface area is 222 Å². The number of ketones is 1. The highest BCUT2D eigenvalue weighted by molar-refractivity contribution is 5.87. The van der Waals surface area contributed by atoms with Crippen molar-refractivity contribution in [2.24, 2.45) is 17.3 Å². The summed E-state index contributed by atoms with van der Waals surface area (Å²) < 4.78 is 6.33. The lowest BCUT2D eigenvalue weighted by Crippen LogP contribution is -2.46. The summed E-state index contributed by atoms with van der Waals surface area (Å²) in [6.45, 7) is 7.68. The van der Waals surface area contributed by atoms with E-state index in [1.54, 1.807) is 0 Å². The molecule has 1 unspecified atom stereocenters. The van der Waals surface area contributed by atoms with Gasteiger partial charge >= 0.3 is 0 Å². The Hall–Kier alpha value is -2.33. The molecule has 0 spiro atoms. The molecule has 4 aliphatic rings. The number of hydrogen-bond donors (Lipinski definition) is 1. The van der Waals surface area contributed by atoms with Gasteiger partial charge in [0, 0.05) is 17.9 Å². The number of carbonyl (C=O) groups excluding carboxylic acids is 1. The second kappa shape index (κ2) is 10.1. The lowest BCUT2D eigenvalue weighted by atomic mass is 9.51. The van der Waals surface area contributed by atoms with Crippen molar-refractivity contribution in [2.45, 2.75) is 89.5 Å². The predicted molar refractivity (Wildman–Crippen MR) is 147 cm³/mol. The molecule has 1 saturated heterocycles. The third-order valence-electron chi connectivity index (χ3n) is 10.5. The van der Waals surface area contributed by atoms with Gasteiger partial charge in [0.1, 0.15) is 23.9 Å². The Kier molecular flexibility index (Phi) is 6.81. The maximum Gasteiger partial charge on any atom is 0.139 e. The molecule has 1 aliphatic heterocycles. The molecule has 4 heteroatoms. The summed E-state index contributed by atoms with van der Waals surface area (Å²) in [4.78, 5) is 15.8. The minimum atomic E-state index is -0.210. The standard InChI is InChI=1S/C33H43NO3/c1-3-6-24(34-17-4-5-18-34)21-37-26-11-7-22(8-12-26)29-20-33(2)30(15-16-31(33)36)28-13-9-23-19-25(35)10-14-27(23)32(28)29/h7-8,10-12,14,19,24,28-30,32,35H,3-6,9,13,15-18,20-21H2,1-2H3/t24?,28-,29+,30-,32+,33-/m0/s1. The van der Waals surface area contributed by atoms with Crippen LogP contribution in [0.2, 0.25) is 0 Å². The number of fused-ring (bicyclic) bond motifs is 5. The number of nitrogens with zero attached hydrogens (tertiary/aromatic N) is 1. The van der Waals surface area contributed by atoms with Gasteiger partial charge in [-0.15, -0.1) is 0 Å². The fourth-order valence-electron chi connectivity index (χ4n) is 8.61. The average molecular weight is 502 g/mol. The molecule has 0 amide bonds. The average Bonchev–Trinajstić information content (AvgIpc) is 3.54. The fourth-order valence-corrected chi connectivity index (χ4v) is 8.61. The zero-order chi connectivity index (χ0) is 25.6. The van der Waals surface area contributed by atoms with Crippen LogP contribution in [0.3, 0.4) is 0 Å². The summed E-state index contributed by atoms with van der Waals surface area (Å²) >= 11 is 0. The van der Waals surface area contributed by atoms with Crippen molar-refractivity contribution in [1.29, 1.82) is 0 Å². The highest BCUT2D eigenvalue weighted by Gasteiger charge is 2.57. The molecule has 6 rings (SSSR count). The number of aryl methyl sites for hydroxylation is 1. The second-order valence-corrected chi connectivity index (χ2v) is 12.5. The zero-order valence-corrected chi connectivity index (χ0v) is 22.6. The summed E-state index contributed by atoms with van der Waals surface area (Å²) in [5.74, 6) is 3.51. The number of phenols is 1. The van der Waals surface area contributed by atoms with E-state index in [0.29, 0.717) is 41.2 Å². The van der Waals surface area contributed by atoms with E-state index in [9.17, 15) is 9.90 Å². The van der Waals surface area contributed by atoms with Crippen molar-refractivity contribution >= 4 is 5.78 Å². The molecule has 2 aromatic carbocycles. The number of carbonyl (C=O) groups is 1. The van der Waals surface area contributed by atoms with Gasteiger partial charge in [-0.3, -0.25) is 9.69 Å². The van der Waals surface area contributed by atoms with Crippen molar-refractivity contribution in [1.82, 2.24) is 4.90 Å². The highest BCUT2D eigenvalue weighted by atomic mass is 16.5. The van der Waals surface area contributed by atoms with E-state index in [-0.39, 0.29) is 5.41 Å². The first-order valence-corrected chi connectivity index (χ1v) is 14.8. The van der Waals surface area contributed by atoms with E-state index in [1.165, 1.54) is 55.5 Å². The minimum Gasteiger partial charge on any atom is -0.508 e. The first-order chi connectivity index (χ1) is 18.0. The predicted octanol–water partition coefficient (Wildman–Crippen LogP) is 6.85. The first kappa shape index (κ1) is 25.0. The molecule has 2 saturated carbocycles. The van der Waals surface area contributed by atoms with Crippen LogP contribution in [0.4, 0.5) is 0 Å². The van der Waals surface area contributed by atoms with Crippen LogP contribution in [0.5, 0.6) is 11.5 Å². The Morgan fingerprint density at radius 1 is 1.08 bits per heavy atom. The Morgan fingerprint density at radius 2 is 1.86 bits per heavy atom. The summed E-state index contributed by atoms with van der Waals surface area (Å²) in [7, 11) is 0. The van der Waals surface area contributed by atoms with Crippen LogP contribution in [-0.4, -0.2) is 41.5 Å². The molecular formula is C33H43NO3. The van der Waals surface area contributed by atoms with Crippen LogP contribution in [-0.2, 0) is 11.2 Å². The quantitative estimate of drug-likeness (QED) is 0.451. The van der Waals surface area contributed by atoms with Gasteiger partial charge in [0.25, 0.3) is 0 Å². The molecule has 0 radical (unpaired) electrons. The van der Waals surface area contributed by atoms with Crippen LogP contribution >= 0.6 is 0 Å². The number of likely N-dealkylation sites (tertiary alicyclic amines) is 1. The van der Waals surface area contributed by atoms with Crippen LogP contribution in [0.15, 0.2) is 42.5 Å². The number of Topliss-reactive ketones (excluding diaryl/α,β-unsaturated/α-hetero) is 1. The van der Waals surface area contributed by atoms with E-state index >= 15 is 0 Å². The molecule has 0 aromatic heterocycles. The molecule has 0 bridgehead atoms. The van der Waals surface area contributed by atoms with Crippen LogP contribution in [0, 0.1) is 17.3 Å². The molecule has 3 aliphatic carbocycles. The van der Waals surface area contributed by atoms with Crippen molar-refractivity contribution in [3.63, 3.8) is 0 Å². The van der Waals surface area contributed by atoms with Crippen molar-refractivity contribution in [3.8, 4) is 11.5 Å². The zero-order valence-electron chi connectivity index (χ0n) is 22.6. The van der Waals surface area contributed by atoms with Crippen LogP contribution in [0.25, 0.3) is 0 Å². The number of aromatic hydroxyl groups is 1. The molecule has 198 valence electrons. The maximum atomic E-state index is 13.2. The van der Waals surface area contributed by atoms with Crippen molar-refractivity contribution in [3.05, 3.63) is 59.2 Å². The number of phenolic OH excluding ortho intramolecular Hbond substituents is 1. The largest absolute Gasteiger partial charge is 0.508 e. The van der Waals surface area contributed by atoms with Gasteiger partial charge in [0.2, 0.25) is 0 Å².